The third-order valence-corrected chi connectivity index (χ3v) is 2.43. The topological polar surface area (TPSA) is 55.4 Å². The van der Waals surface area contributed by atoms with Crippen molar-refractivity contribution in [3.63, 3.8) is 0 Å². The van der Waals surface area contributed by atoms with Gasteiger partial charge in [0.25, 0.3) is 0 Å². The zero-order chi connectivity index (χ0) is 13.4. The van der Waals surface area contributed by atoms with Crippen molar-refractivity contribution in [3.8, 4) is 0 Å². The predicted molar refractivity (Wildman–Crippen MR) is 68.8 cm³/mol. The Labute approximate surface area is 107 Å². The molecule has 0 heterocycles. The Morgan fingerprint density at radius 1 is 1.28 bits per heavy atom. The molecule has 0 unspecified atom stereocenters. The maximum absolute atomic E-state index is 11.6. The lowest BCUT2D eigenvalue weighted by atomic mass is 10.2. The molecule has 1 aromatic carbocycles. The van der Waals surface area contributed by atoms with Gasteiger partial charge in [0.1, 0.15) is 12.6 Å². The van der Waals surface area contributed by atoms with Crippen molar-refractivity contribution in [2.24, 2.45) is 0 Å². The number of nitrogens with one attached hydrogen (secondary N) is 1. The molecule has 0 saturated heterocycles. The Morgan fingerprint density at radius 2 is 1.94 bits per heavy atom. The quantitative estimate of drug-likeness (QED) is 0.785. The first-order valence-corrected chi connectivity index (χ1v) is 6.13. The Morgan fingerprint density at radius 3 is 2.56 bits per heavy atom. The molecule has 0 bridgehead atoms. The summed E-state index contributed by atoms with van der Waals surface area (Å²) in [6.45, 7) is 3.77. The molecule has 0 aliphatic rings. The summed E-state index contributed by atoms with van der Waals surface area (Å²) in [6.07, 6.45) is 1.19. The largest absolute Gasteiger partial charge is 0.459 e. The van der Waals surface area contributed by atoms with E-state index in [0.717, 1.165) is 12.0 Å². The maximum Gasteiger partial charge on any atom is 0.328 e. The van der Waals surface area contributed by atoms with E-state index in [0.29, 0.717) is 6.42 Å². The molecule has 0 aromatic heterocycles. The van der Waals surface area contributed by atoms with Gasteiger partial charge >= 0.3 is 5.97 Å². The molecule has 0 aliphatic carbocycles. The number of carbonyl (C=O) groups is 2. The van der Waals surface area contributed by atoms with E-state index in [2.05, 4.69) is 5.32 Å². The average molecular weight is 249 g/mol. The summed E-state index contributed by atoms with van der Waals surface area (Å²) < 4.78 is 5.12. The lowest BCUT2D eigenvalue weighted by Gasteiger charge is -2.13. The van der Waals surface area contributed by atoms with Gasteiger partial charge in [0, 0.05) is 6.42 Å². The Bertz CT molecular complexity index is 389. The Kier molecular flexibility index (Phi) is 5.91. The summed E-state index contributed by atoms with van der Waals surface area (Å²) in [7, 11) is 0. The van der Waals surface area contributed by atoms with Crippen LogP contribution in [0.15, 0.2) is 30.3 Å². The first-order chi connectivity index (χ1) is 8.63. The summed E-state index contributed by atoms with van der Waals surface area (Å²) in [4.78, 5) is 22.9. The van der Waals surface area contributed by atoms with Gasteiger partial charge < -0.3 is 10.1 Å². The smallest absolute Gasteiger partial charge is 0.328 e. The van der Waals surface area contributed by atoms with E-state index in [1.165, 1.54) is 0 Å². The lowest BCUT2D eigenvalue weighted by molar-refractivity contribution is -0.148. The zero-order valence-electron chi connectivity index (χ0n) is 10.8. The highest BCUT2D eigenvalue weighted by molar-refractivity contribution is 5.84. The third kappa shape index (κ3) is 4.99. The minimum atomic E-state index is -0.604. The summed E-state index contributed by atoms with van der Waals surface area (Å²) >= 11 is 0. The van der Waals surface area contributed by atoms with Gasteiger partial charge in [-0.2, -0.15) is 0 Å². The van der Waals surface area contributed by atoms with Gasteiger partial charge in [-0.15, -0.1) is 0 Å². The molecule has 0 saturated carbocycles. The molecular weight excluding hydrogens is 230 g/mol. The van der Waals surface area contributed by atoms with Gasteiger partial charge in [0.2, 0.25) is 5.91 Å². The summed E-state index contributed by atoms with van der Waals surface area (Å²) in [5.74, 6) is -0.537. The third-order valence-electron chi connectivity index (χ3n) is 2.43. The molecule has 0 radical (unpaired) electrons. The van der Waals surface area contributed by atoms with Crippen LogP contribution in [-0.2, 0) is 20.9 Å². The molecular formula is C14H19NO3. The number of rotatable bonds is 6. The average Bonchev–Trinajstić information content (AvgIpc) is 2.37. The normalized spacial score (nSPS) is 11.7. The Balaban J connectivity index is 2.34. The van der Waals surface area contributed by atoms with E-state index >= 15 is 0 Å². The zero-order valence-corrected chi connectivity index (χ0v) is 10.8. The lowest BCUT2D eigenvalue weighted by Crippen LogP contribution is -2.39. The first kappa shape index (κ1) is 14.2. The van der Waals surface area contributed by atoms with Crippen molar-refractivity contribution >= 4 is 11.9 Å². The molecule has 98 valence electrons. The minimum Gasteiger partial charge on any atom is -0.459 e. The van der Waals surface area contributed by atoms with Gasteiger partial charge in [-0.3, -0.25) is 4.79 Å². The van der Waals surface area contributed by atoms with E-state index in [1.807, 2.05) is 37.3 Å². The summed E-state index contributed by atoms with van der Waals surface area (Å²) in [5, 5.41) is 2.60. The molecule has 0 spiro atoms. The predicted octanol–water partition coefficient (Wildman–Crippen LogP) is 2.03. The van der Waals surface area contributed by atoms with Crippen LogP contribution in [0, 0.1) is 0 Å². The maximum atomic E-state index is 11.6. The molecule has 1 rings (SSSR count). The van der Waals surface area contributed by atoms with E-state index in [4.69, 9.17) is 4.74 Å². The van der Waals surface area contributed by atoms with Crippen LogP contribution in [0.25, 0.3) is 0 Å². The van der Waals surface area contributed by atoms with E-state index in [-0.39, 0.29) is 12.5 Å². The number of carbonyl (C=O) groups excluding carboxylic acids is 2. The summed E-state index contributed by atoms with van der Waals surface area (Å²) in [5.41, 5.74) is 0.929. The number of hydrogen-bond acceptors (Lipinski definition) is 3. The number of esters is 1. The van der Waals surface area contributed by atoms with Crippen molar-refractivity contribution in [2.45, 2.75) is 39.3 Å². The van der Waals surface area contributed by atoms with Crippen molar-refractivity contribution < 1.29 is 14.3 Å². The van der Waals surface area contributed by atoms with Crippen molar-refractivity contribution in [3.05, 3.63) is 35.9 Å². The molecule has 1 N–H and O–H groups in total. The summed E-state index contributed by atoms with van der Waals surface area (Å²) in [6, 6.07) is 8.83. The van der Waals surface area contributed by atoms with Gasteiger partial charge in [-0.25, -0.2) is 4.79 Å². The van der Waals surface area contributed by atoms with Crippen molar-refractivity contribution in [2.75, 3.05) is 0 Å². The standard InChI is InChI=1S/C14H19NO3/c1-3-7-13(16)15-11(2)14(17)18-10-12-8-5-4-6-9-12/h4-6,8-9,11H,3,7,10H2,1-2H3,(H,15,16)/t11-/m0/s1. The Hall–Kier alpha value is -1.84. The molecule has 4 nitrogen and oxygen atoms in total. The molecule has 1 amide bonds. The second kappa shape index (κ2) is 7.48. The van der Waals surface area contributed by atoms with E-state index in [9.17, 15) is 9.59 Å². The molecule has 0 fully saturated rings. The van der Waals surface area contributed by atoms with Gasteiger partial charge in [0.15, 0.2) is 0 Å². The number of hydrogen-bond donors (Lipinski definition) is 1. The fourth-order valence-corrected chi connectivity index (χ4v) is 1.45. The van der Waals surface area contributed by atoms with Crippen molar-refractivity contribution in [1.82, 2.24) is 5.32 Å². The molecule has 0 aliphatic heterocycles. The van der Waals surface area contributed by atoms with Crippen LogP contribution in [0.3, 0.4) is 0 Å². The van der Waals surface area contributed by atoms with E-state index in [1.54, 1.807) is 6.92 Å². The highest BCUT2D eigenvalue weighted by Gasteiger charge is 2.16. The van der Waals surface area contributed by atoms with Crippen LogP contribution >= 0.6 is 0 Å². The number of benzene rings is 1. The molecule has 18 heavy (non-hydrogen) atoms. The van der Waals surface area contributed by atoms with Gasteiger partial charge in [-0.1, -0.05) is 37.3 Å². The van der Waals surface area contributed by atoms with Crippen LogP contribution in [-0.4, -0.2) is 17.9 Å². The minimum absolute atomic E-state index is 0.123. The first-order valence-electron chi connectivity index (χ1n) is 6.13. The molecule has 1 aromatic rings. The van der Waals surface area contributed by atoms with E-state index < -0.39 is 12.0 Å². The van der Waals surface area contributed by atoms with Gasteiger partial charge in [-0.05, 0) is 18.9 Å². The monoisotopic (exact) mass is 249 g/mol. The van der Waals surface area contributed by atoms with Crippen molar-refractivity contribution in [1.29, 1.82) is 0 Å². The van der Waals surface area contributed by atoms with Crippen LogP contribution in [0.5, 0.6) is 0 Å². The fraction of sp³-hybridized carbons (Fsp3) is 0.429. The number of ether oxygens (including phenoxy) is 1. The molecule has 1 atom stereocenters. The SMILES string of the molecule is CCCC(=O)N[C@@H](C)C(=O)OCc1ccccc1. The highest BCUT2D eigenvalue weighted by Crippen LogP contribution is 2.02. The fourth-order valence-electron chi connectivity index (χ4n) is 1.45. The van der Waals surface area contributed by atoms with Crippen LogP contribution in [0.2, 0.25) is 0 Å². The second-order valence-corrected chi connectivity index (χ2v) is 4.13. The van der Waals surface area contributed by atoms with Gasteiger partial charge in [0.05, 0.1) is 0 Å². The number of amides is 1. The molecule has 4 heteroatoms. The van der Waals surface area contributed by atoms with Crippen LogP contribution in [0.4, 0.5) is 0 Å². The van der Waals surface area contributed by atoms with Crippen LogP contribution < -0.4 is 5.32 Å². The van der Waals surface area contributed by atoms with Crippen LogP contribution in [0.1, 0.15) is 32.3 Å². The highest BCUT2D eigenvalue weighted by atomic mass is 16.5. The second-order valence-electron chi connectivity index (χ2n) is 4.13.